The Morgan fingerprint density at radius 3 is 3.09 bits per heavy atom. The van der Waals surface area contributed by atoms with Crippen molar-refractivity contribution in [3.63, 3.8) is 0 Å². The number of nitriles is 1. The molecular weight excluding hydrogens is 164 g/mol. The Hall–Kier alpha value is -1.08. The van der Waals surface area contributed by atoms with E-state index in [2.05, 4.69) is 16.2 Å². The van der Waals surface area contributed by atoms with Gasteiger partial charge in [-0.05, 0) is 18.0 Å². The van der Waals surface area contributed by atoms with E-state index in [1.54, 1.807) is 11.0 Å². The van der Waals surface area contributed by atoms with Crippen molar-refractivity contribution in [1.82, 2.24) is 14.8 Å². The number of nitrogens with zero attached hydrogens (tertiary/aromatic N) is 4. The van der Waals surface area contributed by atoms with Crippen LogP contribution in [-0.2, 0) is 6.54 Å². The number of aryl methyl sites for hydroxylation is 1. The van der Waals surface area contributed by atoms with Gasteiger partial charge in [0.05, 0.1) is 6.07 Å². The molecule has 1 rings (SSSR count). The van der Waals surface area contributed by atoms with Gasteiger partial charge in [0, 0.05) is 13.0 Å². The van der Waals surface area contributed by atoms with Crippen LogP contribution in [0.4, 0.5) is 0 Å². The van der Waals surface area contributed by atoms with E-state index in [4.69, 9.17) is 16.9 Å². The van der Waals surface area contributed by atoms with Crippen molar-refractivity contribution in [3.05, 3.63) is 11.6 Å². The summed E-state index contributed by atoms with van der Waals surface area (Å²) in [7, 11) is 0. The molecule has 1 aromatic heterocycles. The molecule has 0 saturated heterocycles. The molecule has 1 aromatic rings. The van der Waals surface area contributed by atoms with Crippen LogP contribution in [0.1, 0.15) is 12.8 Å². The lowest BCUT2D eigenvalue weighted by molar-refractivity contribution is 0.584. The molecular formula is C6H7ClN4. The van der Waals surface area contributed by atoms with Gasteiger partial charge in [-0.2, -0.15) is 5.26 Å². The Morgan fingerprint density at radius 1 is 1.73 bits per heavy atom. The Balaban J connectivity index is 2.34. The average Bonchev–Trinajstić information content (AvgIpc) is 2.37. The molecule has 4 nitrogen and oxygen atoms in total. The summed E-state index contributed by atoms with van der Waals surface area (Å²) in [6.45, 7) is 0.702. The molecule has 11 heavy (non-hydrogen) atoms. The molecule has 0 atom stereocenters. The summed E-state index contributed by atoms with van der Waals surface area (Å²) >= 11 is 5.47. The van der Waals surface area contributed by atoms with Crippen molar-refractivity contribution in [3.8, 4) is 6.07 Å². The van der Waals surface area contributed by atoms with Crippen molar-refractivity contribution >= 4 is 11.6 Å². The molecule has 0 spiro atoms. The Bertz CT molecular complexity index is 262. The third kappa shape index (κ3) is 2.56. The summed E-state index contributed by atoms with van der Waals surface area (Å²) in [5, 5.41) is 12.3. The molecule has 0 aliphatic heterocycles. The maximum atomic E-state index is 8.23. The van der Waals surface area contributed by atoms with Crippen molar-refractivity contribution in [1.29, 1.82) is 5.26 Å². The monoisotopic (exact) mass is 170 g/mol. The van der Waals surface area contributed by atoms with Gasteiger partial charge in [0.1, 0.15) is 6.33 Å². The van der Waals surface area contributed by atoms with Crippen LogP contribution in [0, 0.1) is 11.3 Å². The second kappa shape index (κ2) is 3.94. The summed E-state index contributed by atoms with van der Waals surface area (Å²) in [5.41, 5.74) is 0. The molecule has 1 heterocycles. The van der Waals surface area contributed by atoms with Gasteiger partial charge in [-0.3, -0.25) is 4.68 Å². The third-order valence-corrected chi connectivity index (χ3v) is 1.36. The highest BCUT2D eigenvalue weighted by Crippen LogP contribution is 1.98. The second-order valence-corrected chi connectivity index (χ2v) is 2.38. The van der Waals surface area contributed by atoms with Gasteiger partial charge in [-0.15, -0.1) is 5.10 Å². The first kappa shape index (κ1) is 8.02. The molecule has 0 aliphatic rings. The minimum atomic E-state index is 0.252. The lowest BCUT2D eigenvalue weighted by Crippen LogP contribution is -1.97. The van der Waals surface area contributed by atoms with E-state index < -0.39 is 0 Å². The van der Waals surface area contributed by atoms with Crippen LogP contribution >= 0.6 is 11.6 Å². The highest BCUT2D eigenvalue weighted by Gasteiger charge is 1.94. The minimum Gasteiger partial charge on any atom is -0.251 e. The quantitative estimate of drug-likeness (QED) is 0.642. The first-order chi connectivity index (χ1) is 5.33. The molecule has 0 bridgehead atoms. The molecule has 0 aromatic carbocycles. The summed E-state index contributed by atoms with van der Waals surface area (Å²) in [6.07, 6.45) is 2.88. The molecule has 0 saturated carbocycles. The van der Waals surface area contributed by atoms with Crippen LogP contribution in [0.15, 0.2) is 6.33 Å². The van der Waals surface area contributed by atoms with Crippen LogP contribution in [-0.4, -0.2) is 14.8 Å². The Morgan fingerprint density at radius 2 is 2.55 bits per heavy atom. The fourth-order valence-corrected chi connectivity index (χ4v) is 0.841. The summed E-state index contributed by atoms with van der Waals surface area (Å²) < 4.78 is 1.62. The van der Waals surface area contributed by atoms with Gasteiger partial charge in [-0.25, -0.2) is 4.98 Å². The smallest absolute Gasteiger partial charge is 0.242 e. The van der Waals surface area contributed by atoms with E-state index in [9.17, 15) is 0 Å². The maximum Gasteiger partial charge on any atom is 0.242 e. The fraction of sp³-hybridized carbons (Fsp3) is 0.500. The molecule has 0 unspecified atom stereocenters. The van der Waals surface area contributed by atoms with Crippen molar-refractivity contribution in [2.24, 2.45) is 0 Å². The van der Waals surface area contributed by atoms with Crippen molar-refractivity contribution in [2.75, 3.05) is 0 Å². The predicted molar refractivity (Wildman–Crippen MR) is 39.9 cm³/mol. The molecule has 0 aliphatic carbocycles. The summed E-state index contributed by atoms with van der Waals surface area (Å²) in [4.78, 5) is 3.73. The van der Waals surface area contributed by atoms with E-state index >= 15 is 0 Å². The first-order valence-corrected chi connectivity index (χ1v) is 3.62. The standard InChI is InChI=1S/C6H7ClN4/c7-6-9-5-11(10-6)4-2-1-3-8/h5H,1-2,4H2. The SMILES string of the molecule is N#CCCCn1cnc(Cl)n1. The molecule has 0 radical (unpaired) electrons. The Kier molecular flexibility index (Phi) is 2.87. The van der Waals surface area contributed by atoms with Crippen LogP contribution in [0.25, 0.3) is 0 Å². The fourth-order valence-electron chi connectivity index (χ4n) is 0.700. The third-order valence-electron chi connectivity index (χ3n) is 1.18. The van der Waals surface area contributed by atoms with Crippen molar-refractivity contribution in [2.45, 2.75) is 19.4 Å². The highest BCUT2D eigenvalue weighted by atomic mass is 35.5. The molecule has 0 fully saturated rings. The second-order valence-electron chi connectivity index (χ2n) is 2.04. The van der Waals surface area contributed by atoms with Crippen LogP contribution < -0.4 is 0 Å². The molecule has 0 N–H and O–H groups in total. The minimum absolute atomic E-state index is 0.252. The predicted octanol–water partition coefficient (Wildman–Crippen LogP) is 1.24. The van der Waals surface area contributed by atoms with Crippen molar-refractivity contribution < 1.29 is 0 Å². The van der Waals surface area contributed by atoms with Gasteiger partial charge >= 0.3 is 0 Å². The lowest BCUT2D eigenvalue weighted by Gasteiger charge is -1.93. The van der Waals surface area contributed by atoms with Crippen LogP contribution in [0.2, 0.25) is 5.28 Å². The first-order valence-electron chi connectivity index (χ1n) is 3.25. The zero-order chi connectivity index (χ0) is 8.10. The molecule has 58 valence electrons. The zero-order valence-electron chi connectivity index (χ0n) is 5.87. The number of hydrogen-bond donors (Lipinski definition) is 0. The van der Waals surface area contributed by atoms with E-state index in [-0.39, 0.29) is 5.28 Å². The van der Waals surface area contributed by atoms with E-state index in [0.29, 0.717) is 13.0 Å². The normalized spacial score (nSPS) is 9.45. The average molecular weight is 171 g/mol. The van der Waals surface area contributed by atoms with E-state index in [1.807, 2.05) is 0 Å². The largest absolute Gasteiger partial charge is 0.251 e. The zero-order valence-corrected chi connectivity index (χ0v) is 6.62. The lowest BCUT2D eigenvalue weighted by atomic mass is 10.3. The van der Waals surface area contributed by atoms with Gasteiger partial charge in [0.15, 0.2) is 0 Å². The number of aromatic nitrogens is 3. The number of unbranched alkanes of at least 4 members (excludes halogenated alkanes) is 1. The molecule has 0 amide bonds. The maximum absolute atomic E-state index is 8.23. The Labute approximate surface area is 69.4 Å². The highest BCUT2D eigenvalue weighted by molar-refractivity contribution is 6.28. The number of halogens is 1. The topological polar surface area (TPSA) is 54.5 Å². The van der Waals surface area contributed by atoms with Crippen LogP contribution in [0.3, 0.4) is 0 Å². The van der Waals surface area contributed by atoms with Gasteiger partial charge in [-0.1, -0.05) is 0 Å². The van der Waals surface area contributed by atoms with Crippen LogP contribution in [0.5, 0.6) is 0 Å². The van der Waals surface area contributed by atoms with E-state index in [1.165, 1.54) is 0 Å². The summed E-state index contributed by atoms with van der Waals surface area (Å²) in [5.74, 6) is 0. The number of rotatable bonds is 3. The molecule has 5 heteroatoms. The van der Waals surface area contributed by atoms with Gasteiger partial charge < -0.3 is 0 Å². The van der Waals surface area contributed by atoms with Gasteiger partial charge in [0.2, 0.25) is 5.28 Å². The van der Waals surface area contributed by atoms with E-state index in [0.717, 1.165) is 6.42 Å². The number of hydrogen-bond acceptors (Lipinski definition) is 3. The summed E-state index contributed by atoms with van der Waals surface area (Å²) in [6, 6.07) is 2.05. The van der Waals surface area contributed by atoms with Gasteiger partial charge in [0.25, 0.3) is 0 Å².